The van der Waals surface area contributed by atoms with Crippen LogP contribution in [0.4, 0.5) is 0 Å². The Labute approximate surface area is 155 Å². The van der Waals surface area contributed by atoms with E-state index in [0.29, 0.717) is 11.1 Å². The molecule has 23 heavy (non-hydrogen) atoms. The van der Waals surface area contributed by atoms with Crippen molar-refractivity contribution in [2.24, 2.45) is 0 Å². The van der Waals surface area contributed by atoms with Gasteiger partial charge in [0.2, 0.25) is 0 Å². The Morgan fingerprint density at radius 2 is 1.43 bits per heavy atom. The molecule has 0 spiro atoms. The molecule has 1 rings (SSSR count). The molecule has 0 saturated carbocycles. The van der Waals surface area contributed by atoms with Gasteiger partial charge in [-0.05, 0) is 23.3 Å². The maximum atomic E-state index is 11.1. The average molecular weight is 436 g/mol. The van der Waals surface area contributed by atoms with E-state index in [-0.39, 0.29) is 5.41 Å². The largest absolute Gasteiger partial charge is 0.507 e. The zero-order valence-corrected chi connectivity index (χ0v) is 21.0. The molecule has 1 aromatic rings. The highest BCUT2D eigenvalue weighted by Crippen LogP contribution is 2.69. The molecular weight excluding hydrogens is 400 g/mol. The van der Waals surface area contributed by atoms with Crippen LogP contribution in [0.15, 0.2) is 17.0 Å². The number of halogens is 1. The number of hydrogen-bond acceptors (Lipinski definition) is 1. The lowest BCUT2D eigenvalue weighted by atomic mass is 9.86. The van der Waals surface area contributed by atoms with Crippen molar-refractivity contribution in [2.75, 3.05) is 6.26 Å². The lowest BCUT2D eigenvalue weighted by Gasteiger charge is -2.56. The van der Waals surface area contributed by atoms with Gasteiger partial charge in [-0.3, -0.25) is 0 Å². The van der Waals surface area contributed by atoms with Gasteiger partial charge in [-0.15, -0.1) is 0 Å². The smallest absolute Gasteiger partial charge is 0.130 e. The lowest BCUT2D eigenvalue weighted by molar-refractivity contribution is 0.455. The number of aromatic hydroxyl groups is 1. The van der Waals surface area contributed by atoms with Gasteiger partial charge >= 0.3 is 0 Å². The first kappa shape index (κ1) is 21.3. The van der Waals surface area contributed by atoms with E-state index < -0.39 is 23.4 Å². The quantitative estimate of drug-likeness (QED) is 0.397. The Morgan fingerprint density at radius 1 is 1.00 bits per heavy atom. The van der Waals surface area contributed by atoms with Crippen molar-refractivity contribution in [3.63, 3.8) is 0 Å². The molecule has 1 nitrogen and oxygen atoms in total. The summed E-state index contributed by atoms with van der Waals surface area (Å²) < 4.78 is 0. The number of phenols is 1. The van der Waals surface area contributed by atoms with Gasteiger partial charge in [-0.25, -0.2) is 8.93 Å². The summed E-state index contributed by atoms with van der Waals surface area (Å²) in [6, 6.07) is 4.52. The van der Waals surface area contributed by atoms with Crippen LogP contribution >= 0.6 is 24.9 Å². The van der Waals surface area contributed by atoms with Crippen LogP contribution in [0.1, 0.15) is 31.9 Å². The monoisotopic (exact) mass is 434 g/mol. The van der Waals surface area contributed by atoms with Gasteiger partial charge in [0.25, 0.3) is 0 Å². The number of benzene rings is 1. The molecule has 0 unspecified atom stereocenters. The minimum atomic E-state index is -1.47. The maximum Gasteiger partial charge on any atom is 0.130 e. The molecule has 0 saturated heterocycles. The minimum Gasteiger partial charge on any atom is -0.507 e. The number of alkyl halides is 1. The van der Waals surface area contributed by atoms with Crippen molar-refractivity contribution in [1.29, 1.82) is 0 Å². The standard InChI is InChI=1S/C18H35BrOSSi2/c1-18(2,3)15-11-14(13-19)17(20)16(12-15)21(4,22(5,6)7)23(8,9)10/h11-12,20H,13H2,1-10H3. The van der Waals surface area contributed by atoms with E-state index in [1.165, 1.54) is 10.5 Å². The fraction of sp³-hybridized carbons (Fsp3) is 0.667. The molecule has 0 aliphatic rings. The van der Waals surface area contributed by atoms with E-state index in [9.17, 15) is 5.11 Å². The van der Waals surface area contributed by atoms with Gasteiger partial charge in [0.15, 0.2) is 0 Å². The molecule has 0 radical (unpaired) electrons. The van der Waals surface area contributed by atoms with E-state index in [2.05, 4.69) is 94.4 Å². The summed E-state index contributed by atoms with van der Waals surface area (Å²) in [5, 5.41) is 11.8. The summed E-state index contributed by atoms with van der Waals surface area (Å²) in [7, 11) is -3.92. The summed E-state index contributed by atoms with van der Waals surface area (Å²) in [6.07, 6.45) is 2.50. The molecule has 134 valence electrons. The van der Waals surface area contributed by atoms with Crippen molar-refractivity contribution < 1.29 is 5.11 Å². The zero-order chi connectivity index (χ0) is 18.4. The second-order valence-corrected chi connectivity index (χ2v) is 34.3. The van der Waals surface area contributed by atoms with Crippen LogP contribution in [0.2, 0.25) is 39.3 Å². The molecule has 0 aliphatic carbocycles. The Bertz CT molecular complexity index is 566. The third-order valence-corrected chi connectivity index (χ3v) is 38.8. The summed E-state index contributed by atoms with van der Waals surface area (Å²) in [5.74, 6) is 0.553. The number of rotatable bonds is 4. The van der Waals surface area contributed by atoms with Gasteiger partial charge in [-0.2, -0.15) is 0 Å². The SMILES string of the molecule is CC(C)(C)c1cc(CBr)c(O)c(S(C)([Si](C)(C)C)[Si](C)(C)C)c1. The fourth-order valence-electron chi connectivity index (χ4n) is 3.09. The molecule has 0 heterocycles. The molecule has 0 aliphatic heterocycles. The Balaban J connectivity index is 3.88. The molecular formula is C18H35BrOSSi2. The first-order chi connectivity index (χ1) is 10.1. The average Bonchev–Trinajstić information content (AvgIpc) is 2.34. The second-order valence-electron chi connectivity index (χ2n) is 9.51. The molecule has 1 aromatic carbocycles. The lowest BCUT2D eigenvalue weighted by Crippen LogP contribution is -2.44. The molecule has 0 atom stereocenters. The summed E-state index contributed by atoms with van der Waals surface area (Å²) in [6.45, 7) is 21.7. The molecule has 0 amide bonds. The highest BCUT2D eigenvalue weighted by molar-refractivity contribution is 9.08. The molecule has 0 bridgehead atoms. The third-order valence-electron chi connectivity index (χ3n) is 5.05. The predicted octanol–water partition coefficient (Wildman–Crippen LogP) is 7.05. The van der Waals surface area contributed by atoms with Crippen LogP contribution in [0.3, 0.4) is 0 Å². The van der Waals surface area contributed by atoms with E-state index >= 15 is 0 Å². The van der Waals surface area contributed by atoms with Crippen molar-refractivity contribution in [2.45, 2.75) is 75.7 Å². The van der Waals surface area contributed by atoms with E-state index in [0.717, 1.165) is 5.56 Å². The number of phenolic OH excluding ortho intramolecular Hbond substituents is 1. The van der Waals surface area contributed by atoms with Gasteiger partial charge < -0.3 is 5.11 Å². The summed E-state index contributed by atoms with van der Waals surface area (Å²) in [5.41, 5.74) is 2.48. The van der Waals surface area contributed by atoms with Crippen molar-refractivity contribution in [3.05, 3.63) is 23.3 Å². The van der Waals surface area contributed by atoms with E-state index in [1.807, 2.05) is 0 Å². The van der Waals surface area contributed by atoms with E-state index in [1.54, 1.807) is 0 Å². The van der Waals surface area contributed by atoms with Crippen molar-refractivity contribution in [1.82, 2.24) is 0 Å². The third kappa shape index (κ3) is 3.93. The predicted molar refractivity (Wildman–Crippen MR) is 118 cm³/mol. The maximum absolute atomic E-state index is 11.1. The van der Waals surface area contributed by atoms with Crippen molar-refractivity contribution >= 4 is 39.3 Å². The normalized spacial score (nSPS) is 14.9. The van der Waals surface area contributed by atoms with Crippen LogP contribution < -0.4 is 0 Å². The minimum absolute atomic E-state index is 0.0958. The van der Waals surface area contributed by atoms with Crippen LogP contribution in [0.5, 0.6) is 5.75 Å². The highest BCUT2D eigenvalue weighted by atomic mass is 79.9. The van der Waals surface area contributed by atoms with E-state index in [4.69, 9.17) is 0 Å². The summed E-state index contributed by atoms with van der Waals surface area (Å²) in [4.78, 5) is 1.28. The topological polar surface area (TPSA) is 20.2 Å². The van der Waals surface area contributed by atoms with Crippen LogP contribution in [0.25, 0.3) is 0 Å². The first-order valence-corrected chi connectivity index (χ1v) is 19.9. The Morgan fingerprint density at radius 3 is 1.74 bits per heavy atom. The van der Waals surface area contributed by atoms with Crippen LogP contribution in [0, 0.1) is 0 Å². The number of hydrogen-bond donors (Lipinski definition) is 1. The van der Waals surface area contributed by atoms with Gasteiger partial charge in [0.1, 0.15) is 5.75 Å². The molecule has 5 heteroatoms. The zero-order valence-electron chi connectivity index (χ0n) is 16.6. The fourth-order valence-corrected chi connectivity index (χ4v) is 34.5. The molecule has 1 N–H and O–H groups in total. The van der Waals surface area contributed by atoms with Crippen LogP contribution in [-0.4, -0.2) is 25.8 Å². The molecule has 0 aromatic heterocycles. The second kappa shape index (κ2) is 6.54. The first-order valence-electron chi connectivity index (χ1n) is 8.27. The van der Waals surface area contributed by atoms with Gasteiger partial charge in [-0.1, -0.05) is 82.0 Å². The Hall–Kier alpha value is 0.284. The highest BCUT2D eigenvalue weighted by Gasteiger charge is 2.47. The summed E-state index contributed by atoms with van der Waals surface area (Å²) >= 11 is 3.58. The van der Waals surface area contributed by atoms with Crippen molar-refractivity contribution in [3.8, 4) is 5.75 Å². The van der Waals surface area contributed by atoms with Gasteiger partial charge in [0.05, 0.1) is 14.4 Å². The van der Waals surface area contributed by atoms with Crippen LogP contribution in [-0.2, 0) is 10.7 Å². The molecule has 0 fully saturated rings. The Kier molecular flexibility index (Phi) is 6.07. The van der Waals surface area contributed by atoms with Gasteiger partial charge in [0, 0.05) is 15.8 Å².